The molecule has 4 N–H and O–H groups in total. The number of carbonyl (C=O) groups is 1. The van der Waals surface area contributed by atoms with Crippen molar-refractivity contribution >= 4 is 35.5 Å². The van der Waals surface area contributed by atoms with Crippen LogP contribution in [0, 0.1) is 0 Å². The summed E-state index contributed by atoms with van der Waals surface area (Å²) in [4.78, 5) is 9.78. The fraction of sp³-hybridized carbons (Fsp3) is 0.750. The predicted octanol–water partition coefficient (Wildman–Crippen LogP) is -2.60. The molecule has 0 spiro atoms. The smallest absolute Gasteiger partial charge is 0.335 e. The van der Waals surface area contributed by atoms with E-state index in [2.05, 4.69) is 0 Å². The van der Waals surface area contributed by atoms with E-state index in [1.807, 2.05) is 0 Å². The minimum atomic E-state index is -1.89. The van der Waals surface area contributed by atoms with Gasteiger partial charge in [-0.1, -0.05) is 0 Å². The van der Waals surface area contributed by atoms with Crippen LogP contribution in [0.4, 0.5) is 0 Å². The van der Waals surface area contributed by atoms with Gasteiger partial charge in [0.05, 0.1) is 6.61 Å². The first kappa shape index (κ1) is 13.0. The zero-order valence-electron chi connectivity index (χ0n) is 5.56. The van der Waals surface area contributed by atoms with Crippen LogP contribution in [0.1, 0.15) is 0 Å². The molecule has 0 fully saturated rings. The molecular weight excluding hydrogens is 151 g/mol. The molecule has 0 amide bonds. The summed E-state index contributed by atoms with van der Waals surface area (Å²) in [5, 5.41) is 32.8. The molecule has 0 aromatic carbocycles. The Morgan fingerprint density at radius 1 is 1.40 bits per heavy atom. The Hall–Kier alpha value is 0.350. The Bertz CT molecular complexity index is 106. The van der Waals surface area contributed by atoms with Gasteiger partial charge in [0.25, 0.3) is 0 Å². The molecule has 2 atom stereocenters. The third kappa shape index (κ3) is 4.21. The first-order valence-electron chi connectivity index (χ1n) is 2.29. The van der Waals surface area contributed by atoms with E-state index >= 15 is 0 Å². The molecule has 0 unspecified atom stereocenters. The van der Waals surface area contributed by atoms with Crippen molar-refractivity contribution in [2.75, 3.05) is 6.61 Å². The largest absolute Gasteiger partial charge is 0.479 e. The predicted molar refractivity (Wildman–Crippen MR) is 32.5 cm³/mol. The van der Waals surface area contributed by atoms with Crippen molar-refractivity contribution < 1.29 is 25.2 Å². The summed E-state index contributed by atoms with van der Waals surface area (Å²) in [6.07, 6.45) is -3.49. The van der Waals surface area contributed by atoms with Crippen LogP contribution < -0.4 is 0 Å². The molecule has 0 aliphatic rings. The van der Waals surface area contributed by atoms with Gasteiger partial charge in [0.15, 0.2) is 6.10 Å². The molecule has 1 radical (unpaired) electrons. The standard InChI is InChI=1S/C4H8O5.Na/c5-1-2(6)3(7)4(8)9;/h2-3,5-7H,1H2,(H,8,9);/t2-,3+;/m0./s1. The van der Waals surface area contributed by atoms with Crippen LogP contribution in [0.15, 0.2) is 0 Å². The molecule has 0 saturated carbocycles. The van der Waals surface area contributed by atoms with E-state index in [-0.39, 0.29) is 29.6 Å². The van der Waals surface area contributed by atoms with E-state index in [1.165, 1.54) is 0 Å². The first-order valence-corrected chi connectivity index (χ1v) is 2.29. The normalized spacial score (nSPS) is 15.1. The molecule has 0 heterocycles. The Morgan fingerprint density at radius 3 is 1.90 bits per heavy atom. The minimum Gasteiger partial charge on any atom is -0.479 e. The van der Waals surface area contributed by atoms with Crippen molar-refractivity contribution in [1.82, 2.24) is 0 Å². The number of aliphatic hydroxyl groups is 3. The Kier molecular flexibility index (Phi) is 7.90. The van der Waals surface area contributed by atoms with E-state index in [0.717, 1.165) is 0 Å². The minimum absolute atomic E-state index is 0. The molecule has 0 rings (SSSR count). The number of carboxylic acids is 1. The van der Waals surface area contributed by atoms with Gasteiger partial charge < -0.3 is 20.4 Å². The molecule has 0 aromatic heterocycles. The molecule has 6 heteroatoms. The van der Waals surface area contributed by atoms with Gasteiger partial charge in [0, 0.05) is 29.6 Å². The van der Waals surface area contributed by atoms with Crippen LogP contribution in [0.5, 0.6) is 0 Å². The van der Waals surface area contributed by atoms with Crippen molar-refractivity contribution in [3.63, 3.8) is 0 Å². The molecule has 10 heavy (non-hydrogen) atoms. The van der Waals surface area contributed by atoms with Gasteiger partial charge in [-0.2, -0.15) is 0 Å². The fourth-order valence-electron chi connectivity index (χ4n) is 0.264. The second kappa shape index (κ2) is 6.09. The van der Waals surface area contributed by atoms with E-state index in [4.69, 9.17) is 20.4 Å². The number of aliphatic carboxylic acids is 1. The van der Waals surface area contributed by atoms with Gasteiger partial charge in [0.1, 0.15) is 6.10 Å². The number of hydrogen-bond acceptors (Lipinski definition) is 4. The summed E-state index contributed by atoms with van der Waals surface area (Å²) in [5.41, 5.74) is 0. The summed E-state index contributed by atoms with van der Waals surface area (Å²) >= 11 is 0. The molecule has 0 aliphatic carbocycles. The molecule has 5 nitrogen and oxygen atoms in total. The van der Waals surface area contributed by atoms with E-state index < -0.39 is 24.8 Å². The van der Waals surface area contributed by atoms with Crippen LogP contribution in [-0.2, 0) is 4.79 Å². The second-order valence-electron chi connectivity index (χ2n) is 1.53. The zero-order valence-corrected chi connectivity index (χ0v) is 7.56. The maximum absolute atomic E-state index is 9.78. The quantitative estimate of drug-likeness (QED) is 0.338. The van der Waals surface area contributed by atoms with Crippen molar-refractivity contribution in [2.45, 2.75) is 12.2 Å². The van der Waals surface area contributed by atoms with Crippen molar-refractivity contribution in [1.29, 1.82) is 0 Å². The SMILES string of the molecule is O=C(O)[C@H](O)[C@@H](O)CO.[Na]. The number of hydrogen-bond donors (Lipinski definition) is 4. The van der Waals surface area contributed by atoms with E-state index in [1.54, 1.807) is 0 Å². The third-order valence-electron chi connectivity index (χ3n) is 0.805. The molecule has 0 aromatic rings. The first-order chi connectivity index (χ1) is 4.09. The van der Waals surface area contributed by atoms with Gasteiger partial charge in [-0.25, -0.2) is 4.79 Å². The number of carboxylic acid groups (broad SMARTS) is 1. The second-order valence-corrected chi connectivity index (χ2v) is 1.53. The van der Waals surface area contributed by atoms with Gasteiger partial charge in [0.2, 0.25) is 0 Å². The van der Waals surface area contributed by atoms with Crippen LogP contribution >= 0.6 is 0 Å². The average molecular weight is 159 g/mol. The van der Waals surface area contributed by atoms with Crippen LogP contribution in [0.25, 0.3) is 0 Å². The average Bonchev–Trinajstić information content (AvgIpc) is 1.84. The molecular formula is C4H8NaO5. The maximum Gasteiger partial charge on any atom is 0.335 e. The van der Waals surface area contributed by atoms with E-state index in [0.29, 0.717) is 0 Å². The molecule has 0 bridgehead atoms. The number of aliphatic hydroxyl groups excluding tert-OH is 3. The van der Waals surface area contributed by atoms with E-state index in [9.17, 15) is 4.79 Å². The monoisotopic (exact) mass is 159 g/mol. The molecule has 55 valence electrons. The number of rotatable bonds is 3. The van der Waals surface area contributed by atoms with Crippen LogP contribution in [0.2, 0.25) is 0 Å². The van der Waals surface area contributed by atoms with Crippen LogP contribution in [-0.4, -0.2) is 74.8 Å². The Labute approximate surface area is 79.6 Å². The summed E-state index contributed by atoms with van der Waals surface area (Å²) in [6, 6.07) is 0. The summed E-state index contributed by atoms with van der Waals surface area (Å²) in [6.45, 7) is -0.756. The zero-order chi connectivity index (χ0) is 7.44. The van der Waals surface area contributed by atoms with Gasteiger partial charge in [-0.3, -0.25) is 0 Å². The van der Waals surface area contributed by atoms with Crippen molar-refractivity contribution in [2.24, 2.45) is 0 Å². The van der Waals surface area contributed by atoms with Gasteiger partial charge in [-0.15, -0.1) is 0 Å². The third-order valence-corrected chi connectivity index (χ3v) is 0.805. The fourth-order valence-corrected chi connectivity index (χ4v) is 0.264. The molecule has 0 saturated heterocycles. The van der Waals surface area contributed by atoms with Gasteiger partial charge in [-0.05, 0) is 0 Å². The maximum atomic E-state index is 9.78. The topological polar surface area (TPSA) is 98.0 Å². The van der Waals surface area contributed by atoms with Crippen molar-refractivity contribution in [3.8, 4) is 0 Å². The summed E-state index contributed by atoms with van der Waals surface area (Å²) in [5.74, 6) is -1.54. The van der Waals surface area contributed by atoms with Crippen LogP contribution in [0.3, 0.4) is 0 Å². The summed E-state index contributed by atoms with van der Waals surface area (Å²) < 4.78 is 0. The Morgan fingerprint density at radius 2 is 1.80 bits per heavy atom. The van der Waals surface area contributed by atoms with Gasteiger partial charge >= 0.3 is 5.97 Å². The summed E-state index contributed by atoms with van der Waals surface area (Å²) in [7, 11) is 0. The molecule has 0 aliphatic heterocycles. The Balaban J connectivity index is 0. The van der Waals surface area contributed by atoms with Crippen molar-refractivity contribution in [3.05, 3.63) is 0 Å².